The molecule has 2 heterocycles. The molecule has 0 aliphatic rings. The molecule has 0 aliphatic carbocycles. The highest BCUT2D eigenvalue weighted by molar-refractivity contribution is 5.92. The van der Waals surface area contributed by atoms with Gasteiger partial charge >= 0.3 is 0 Å². The second-order valence-electron chi connectivity index (χ2n) is 6.36. The lowest BCUT2D eigenvalue weighted by molar-refractivity contribution is -0.115. The number of rotatable bonds is 4. The summed E-state index contributed by atoms with van der Waals surface area (Å²) in [6.07, 6.45) is -0.0293. The molecule has 1 aromatic carbocycles. The number of aromatic nitrogens is 4. The molecule has 1 N–H and O–H groups in total. The van der Waals surface area contributed by atoms with Gasteiger partial charge in [0, 0.05) is 28.7 Å². The van der Waals surface area contributed by atoms with Crippen molar-refractivity contribution in [1.82, 2.24) is 19.7 Å². The van der Waals surface area contributed by atoms with E-state index in [9.17, 15) is 13.6 Å². The molecule has 0 saturated carbocycles. The van der Waals surface area contributed by atoms with E-state index in [-0.39, 0.29) is 12.1 Å². The molecule has 0 fully saturated rings. The van der Waals surface area contributed by atoms with E-state index in [4.69, 9.17) is 0 Å². The van der Waals surface area contributed by atoms with Crippen LogP contribution in [0.25, 0.3) is 5.95 Å². The lowest BCUT2D eigenvalue weighted by Gasteiger charge is -2.08. The molecule has 140 valence electrons. The average molecular weight is 371 g/mol. The van der Waals surface area contributed by atoms with Crippen LogP contribution in [0.4, 0.5) is 14.5 Å². The first-order valence-corrected chi connectivity index (χ1v) is 8.37. The molecule has 3 aromatic rings. The third-order valence-electron chi connectivity index (χ3n) is 4.14. The third-order valence-corrected chi connectivity index (χ3v) is 4.14. The maximum Gasteiger partial charge on any atom is 0.251 e. The second kappa shape index (κ2) is 7.22. The number of hydrogen-bond acceptors (Lipinski definition) is 4. The number of carbonyl (C=O) groups is 1. The van der Waals surface area contributed by atoms with E-state index in [0.717, 1.165) is 29.6 Å². The zero-order valence-corrected chi connectivity index (χ0v) is 15.5. The highest BCUT2D eigenvalue weighted by atomic mass is 19.1. The second-order valence-corrected chi connectivity index (χ2v) is 6.36. The maximum absolute atomic E-state index is 13.7. The van der Waals surface area contributed by atoms with Gasteiger partial charge in [0.05, 0.1) is 17.8 Å². The van der Waals surface area contributed by atoms with Crippen molar-refractivity contribution in [2.75, 3.05) is 5.32 Å². The Kier molecular flexibility index (Phi) is 4.98. The number of aryl methyl sites for hydroxylation is 3. The SMILES string of the molecule is Cc1cc(C)nc(-n2nc(C)c(CC(=O)Nc3cc(F)ccc3F)c2C)n1. The Morgan fingerprint density at radius 1 is 1.07 bits per heavy atom. The zero-order chi connectivity index (χ0) is 19.7. The van der Waals surface area contributed by atoms with Crippen molar-refractivity contribution in [2.24, 2.45) is 0 Å². The minimum atomic E-state index is -0.697. The summed E-state index contributed by atoms with van der Waals surface area (Å²) in [7, 11) is 0. The van der Waals surface area contributed by atoms with Gasteiger partial charge in [-0.15, -0.1) is 0 Å². The smallest absolute Gasteiger partial charge is 0.251 e. The molecule has 2 aromatic heterocycles. The normalized spacial score (nSPS) is 10.9. The van der Waals surface area contributed by atoms with E-state index in [0.29, 0.717) is 22.9 Å². The van der Waals surface area contributed by atoms with Gasteiger partial charge in [0.1, 0.15) is 11.6 Å². The van der Waals surface area contributed by atoms with Crippen LogP contribution in [0.2, 0.25) is 0 Å². The number of nitrogens with zero attached hydrogens (tertiary/aromatic N) is 4. The summed E-state index contributed by atoms with van der Waals surface area (Å²) in [5.41, 5.74) is 3.47. The minimum absolute atomic E-state index is 0.0293. The first-order valence-electron chi connectivity index (χ1n) is 8.37. The van der Waals surface area contributed by atoms with E-state index < -0.39 is 17.5 Å². The summed E-state index contributed by atoms with van der Waals surface area (Å²) in [5.74, 6) is -1.36. The Hall–Kier alpha value is -3.16. The molecule has 27 heavy (non-hydrogen) atoms. The summed E-state index contributed by atoms with van der Waals surface area (Å²) in [6.45, 7) is 7.32. The van der Waals surface area contributed by atoms with Crippen LogP contribution in [0.3, 0.4) is 0 Å². The number of halogens is 2. The van der Waals surface area contributed by atoms with Crippen LogP contribution in [0.5, 0.6) is 0 Å². The van der Waals surface area contributed by atoms with Gasteiger partial charge in [0.2, 0.25) is 5.91 Å². The van der Waals surface area contributed by atoms with Gasteiger partial charge in [-0.1, -0.05) is 0 Å². The number of benzene rings is 1. The van der Waals surface area contributed by atoms with Crippen molar-refractivity contribution in [3.63, 3.8) is 0 Å². The fourth-order valence-electron chi connectivity index (χ4n) is 2.88. The molecule has 0 aliphatic heterocycles. The Labute approximate surface area is 155 Å². The molecule has 0 radical (unpaired) electrons. The fourth-order valence-corrected chi connectivity index (χ4v) is 2.88. The summed E-state index contributed by atoms with van der Waals surface area (Å²) in [6, 6.07) is 4.76. The van der Waals surface area contributed by atoms with Gasteiger partial charge in [-0.2, -0.15) is 5.10 Å². The van der Waals surface area contributed by atoms with Crippen molar-refractivity contribution < 1.29 is 13.6 Å². The predicted molar refractivity (Wildman–Crippen MR) is 96.8 cm³/mol. The Morgan fingerprint density at radius 2 is 1.74 bits per heavy atom. The van der Waals surface area contributed by atoms with Crippen LogP contribution >= 0.6 is 0 Å². The average Bonchev–Trinajstić information content (AvgIpc) is 2.85. The van der Waals surface area contributed by atoms with Gasteiger partial charge in [-0.05, 0) is 45.9 Å². The Balaban J connectivity index is 1.86. The standard InChI is InChI=1S/C19H19F2N5O/c1-10-7-11(2)23-19(22-10)26-13(4)15(12(3)25-26)9-18(27)24-17-8-14(20)5-6-16(17)21/h5-8H,9H2,1-4H3,(H,24,27). The van der Waals surface area contributed by atoms with Crippen LogP contribution in [0, 0.1) is 39.3 Å². The molecule has 0 atom stereocenters. The quantitative estimate of drug-likeness (QED) is 0.763. The zero-order valence-electron chi connectivity index (χ0n) is 15.5. The molecule has 0 spiro atoms. The number of anilines is 1. The van der Waals surface area contributed by atoms with Gasteiger partial charge < -0.3 is 5.32 Å². The number of hydrogen-bond donors (Lipinski definition) is 1. The van der Waals surface area contributed by atoms with Crippen molar-refractivity contribution in [2.45, 2.75) is 34.1 Å². The number of amides is 1. The first kappa shape index (κ1) is 18.6. The fraction of sp³-hybridized carbons (Fsp3) is 0.263. The van der Waals surface area contributed by atoms with Crippen LogP contribution in [-0.4, -0.2) is 25.7 Å². The van der Waals surface area contributed by atoms with E-state index in [1.165, 1.54) is 0 Å². The molecule has 0 unspecified atom stereocenters. The van der Waals surface area contributed by atoms with E-state index in [1.54, 1.807) is 11.6 Å². The van der Waals surface area contributed by atoms with Crippen molar-refractivity contribution in [1.29, 1.82) is 0 Å². The molecular weight excluding hydrogens is 352 g/mol. The van der Waals surface area contributed by atoms with Crippen LogP contribution < -0.4 is 5.32 Å². The van der Waals surface area contributed by atoms with Gasteiger partial charge in [-0.3, -0.25) is 4.79 Å². The Bertz CT molecular complexity index is 1010. The third kappa shape index (κ3) is 3.99. The van der Waals surface area contributed by atoms with Gasteiger partial charge in [0.25, 0.3) is 5.95 Å². The molecule has 0 bridgehead atoms. The number of nitrogens with one attached hydrogen (secondary N) is 1. The van der Waals surface area contributed by atoms with E-state index in [2.05, 4.69) is 20.4 Å². The summed E-state index contributed by atoms with van der Waals surface area (Å²) in [5, 5.41) is 6.83. The molecule has 6 nitrogen and oxygen atoms in total. The largest absolute Gasteiger partial charge is 0.323 e. The Morgan fingerprint density at radius 3 is 2.41 bits per heavy atom. The highest BCUT2D eigenvalue weighted by Gasteiger charge is 2.18. The molecule has 8 heteroatoms. The van der Waals surface area contributed by atoms with Crippen LogP contribution in [0.1, 0.15) is 28.3 Å². The summed E-state index contributed by atoms with van der Waals surface area (Å²) in [4.78, 5) is 21.1. The van der Waals surface area contributed by atoms with Gasteiger partial charge in [0.15, 0.2) is 0 Å². The highest BCUT2D eigenvalue weighted by Crippen LogP contribution is 2.19. The maximum atomic E-state index is 13.7. The van der Waals surface area contributed by atoms with Crippen molar-refractivity contribution in [3.05, 3.63) is 64.2 Å². The lowest BCUT2D eigenvalue weighted by Crippen LogP contribution is -2.16. The van der Waals surface area contributed by atoms with E-state index in [1.807, 2.05) is 26.8 Å². The van der Waals surface area contributed by atoms with E-state index >= 15 is 0 Å². The monoisotopic (exact) mass is 371 g/mol. The number of carbonyl (C=O) groups excluding carboxylic acids is 1. The topological polar surface area (TPSA) is 72.7 Å². The van der Waals surface area contributed by atoms with Crippen LogP contribution in [0.15, 0.2) is 24.3 Å². The molecular formula is C19H19F2N5O. The summed E-state index contributed by atoms with van der Waals surface area (Å²) >= 11 is 0. The summed E-state index contributed by atoms with van der Waals surface area (Å²) < 4.78 is 28.6. The van der Waals surface area contributed by atoms with Crippen molar-refractivity contribution >= 4 is 11.6 Å². The van der Waals surface area contributed by atoms with Gasteiger partial charge in [-0.25, -0.2) is 23.4 Å². The first-order chi connectivity index (χ1) is 12.7. The molecule has 1 amide bonds. The predicted octanol–water partition coefficient (Wildman–Crippen LogP) is 3.36. The lowest BCUT2D eigenvalue weighted by atomic mass is 10.1. The van der Waals surface area contributed by atoms with Crippen molar-refractivity contribution in [3.8, 4) is 5.95 Å². The molecule has 0 saturated heterocycles. The molecule has 3 rings (SSSR count). The minimum Gasteiger partial charge on any atom is -0.323 e. The van der Waals surface area contributed by atoms with Crippen LogP contribution in [-0.2, 0) is 11.2 Å².